The average Bonchev–Trinajstić information content (AvgIpc) is 2.98. The number of rotatable bonds is 13. The van der Waals surface area contributed by atoms with Gasteiger partial charge in [0.05, 0.1) is 24.8 Å². The van der Waals surface area contributed by atoms with Crippen LogP contribution in [0, 0.1) is 0 Å². The molecule has 0 radical (unpaired) electrons. The number of methoxy groups -OCH3 is 2. The van der Waals surface area contributed by atoms with E-state index in [1.807, 2.05) is 19.9 Å². The van der Waals surface area contributed by atoms with Crippen LogP contribution in [0.3, 0.4) is 0 Å². The van der Waals surface area contributed by atoms with Gasteiger partial charge in [0.25, 0.3) is 10.0 Å². The van der Waals surface area contributed by atoms with E-state index in [1.165, 1.54) is 24.1 Å². The molecule has 0 aliphatic heterocycles. The first-order valence-electron chi connectivity index (χ1n) is 13.0. The molecule has 10 heteroatoms. The number of hydrogen-bond donors (Lipinski definition) is 1. The van der Waals surface area contributed by atoms with Gasteiger partial charge < -0.3 is 19.7 Å². The number of nitrogens with zero attached hydrogens (tertiary/aromatic N) is 2. The number of carbonyl (C=O) groups excluding carboxylic acids is 2. The molecule has 0 spiro atoms. The number of ether oxygens (including phenoxy) is 2. The van der Waals surface area contributed by atoms with Crippen LogP contribution in [0.5, 0.6) is 11.5 Å². The van der Waals surface area contributed by atoms with Crippen LogP contribution in [0.2, 0.25) is 0 Å². The van der Waals surface area contributed by atoms with Gasteiger partial charge in [-0.05, 0) is 62.2 Å². The SMILES string of the molecule is CCC(C)NC(=O)C(C)N(Cc1cccc(OC)c1)C(=O)CN(c1cccc(OC)c1)S(=O)(=O)c1ccccc1. The number of benzene rings is 3. The van der Waals surface area contributed by atoms with Crippen LogP contribution >= 0.6 is 0 Å². The average molecular weight is 568 g/mol. The molecule has 0 saturated heterocycles. The van der Waals surface area contributed by atoms with Crippen molar-refractivity contribution in [2.24, 2.45) is 0 Å². The van der Waals surface area contributed by atoms with Gasteiger partial charge in [-0.1, -0.05) is 43.3 Å². The molecule has 0 aliphatic rings. The molecular formula is C30H37N3O6S. The van der Waals surface area contributed by atoms with E-state index in [1.54, 1.807) is 74.7 Å². The number of nitrogens with one attached hydrogen (secondary N) is 1. The van der Waals surface area contributed by atoms with Crippen molar-refractivity contribution < 1.29 is 27.5 Å². The zero-order valence-electron chi connectivity index (χ0n) is 23.5. The van der Waals surface area contributed by atoms with E-state index in [-0.39, 0.29) is 29.1 Å². The normalized spacial score (nSPS) is 12.6. The standard InChI is InChI=1S/C30H37N3O6S/c1-6-22(2)31-30(35)23(3)32(20-24-12-10-14-26(18-24)38-4)29(34)21-33(25-13-11-15-27(19-25)39-5)40(36,37)28-16-8-7-9-17-28/h7-19,22-23H,6,20-21H2,1-5H3,(H,31,35). The van der Waals surface area contributed by atoms with E-state index in [4.69, 9.17) is 9.47 Å². The highest BCUT2D eigenvalue weighted by molar-refractivity contribution is 7.92. The maximum Gasteiger partial charge on any atom is 0.264 e. The molecule has 3 aromatic rings. The summed E-state index contributed by atoms with van der Waals surface area (Å²) < 4.78 is 39.4. The summed E-state index contributed by atoms with van der Waals surface area (Å²) in [7, 11) is -1.12. The summed E-state index contributed by atoms with van der Waals surface area (Å²) in [5.41, 5.74) is 0.990. The predicted molar refractivity (Wildman–Crippen MR) is 155 cm³/mol. The van der Waals surface area contributed by atoms with E-state index >= 15 is 0 Å². The minimum absolute atomic E-state index is 0.0347. The maximum absolute atomic E-state index is 14.0. The Hall–Kier alpha value is -4.05. The van der Waals surface area contributed by atoms with Crippen LogP contribution in [0.4, 0.5) is 5.69 Å². The lowest BCUT2D eigenvalue weighted by atomic mass is 10.1. The lowest BCUT2D eigenvalue weighted by Gasteiger charge is -2.32. The fourth-order valence-electron chi connectivity index (χ4n) is 4.03. The fourth-order valence-corrected chi connectivity index (χ4v) is 5.46. The van der Waals surface area contributed by atoms with E-state index in [0.717, 1.165) is 16.3 Å². The van der Waals surface area contributed by atoms with Crippen molar-refractivity contribution >= 4 is 27.5 Å². The van der Waals surface area contributed by atoms with Crippen LogP contribution in [-0.4, -0.2) is 58.0 Å². The molecule has 0 fully saturated rings. The topological polar surface area (TPSA) is 105 Å². The summed E-state index contributed by atoms with van der Waals surface area (Å²) in [6.45, 7) is 5.01. The van der Waals surface area contributed by atoms with E-state index in [0.29, 0.717) is 11.5 Å². The molecule has 3 aromatic carbocycles. The van der Waals surface area contributed by atoms with Crippen molar-refractivity contribution in [1.29, 1.82) is 0 Å². The Bertz CT molecular complexity index is 1400. The first-order valence-corrected chi connectivity index (χ1v) is 14.5. The number of hydrogen-bond acceptors (Lipinski definition) is 6. The molecule has 0 saturated carbocycles. The molecule has 214 valence electrons. The zero-order valence-corrected chi connectivity index (χ0v) is 24.4. The number of anilines is 1. The second kappa shape index (κ2) is 13.8. The van der Waals surface area contributed by atoms with Gasteiger partial charge in [-0.3, -0.25) is 13.9 Å². The Morgan fingerprint density at radius 2 is 1.50 bits per heavy atom. The molecule has 9 nitrogen and oxygen atoms in total. The Morgan fingerprint density at radius 1 is 0.875 bits per heavy atom. The van der Waals surface area contributed by atoms with Crippen molar-refractivity contribution in [3.63, 3.8) is 0 Å². The van der Waals surface area contributed by atoms with Crippen molar-refractivity contribution in [3.05, 3.63) is 84.4 Å². The molecule has 0 heterocycles. The highest BCUT2D eigenvalue weighted by atomic mass is 32.2. The fraction of sp³-hybridized carbons (Fsp3) is 0.333. The van der Waals surface area contributed by atoms with Crippen LogP contribution in [0.25, 0.3) is 0 Å². The van der Waals surface area contributed by atoms with Gasteiger partial charge in [0, 0.05) is 18.7 Å². The van der Waals surface area contributed by atoms with Gasteiger partial charge in [-0.25, -0.2) is 8.42 Å². The minimum Gasteiger partial charge on any atom is -0.497 e. The third-order valence-corrected chi connectivity index (χ3v) is 8.39. The summed E-state index contributed by atoms with van der Waals surface area (Å²) in [6, 6.07) is 20.6. The summed E-state index contributed by atoms with van der Waals surface area (Å²) in [6.07, 6.45) is 0.723. The Balaban J connectivity index is 2.04. The predicted octanol–water partition coefficient (Wildman–Crippen LogP) is 4.23. The van der Waals surface area contributed by atoms with Crippen molar-refractivity contribution in [3.8, 4) is 11.5 Å². The van der Waals surface area contributed by atoms with Crippen LogP contribution in [0.1, 0.15) is 32.8 Å². The monoisotopic (exact) mass is 567 g/mol. The molecule has 40 heavy (non-hydrogen) atoms. The highest BCUT2D eigenvalue weighted by Crippen LogP contribution is 2.27. The number of amides is 2. The lowest BCUT2D eigenvalue weighted by molar-refractivity contribution is -0.139. The smallest absolute Gasteiger partial charge is 0.264 e. The summed E-state index contributed by atoms with van der Waals surface area (Å²) in [5.74, 6) is 0.167. The van der Waals surface area contributed by atoms with Gasteiger partial charge in [0.15, 0.2) is 0 Å². The quantitative estimate of drug-likeness (QED) is 0.332. The molecule has 2 unspecified atom stereocenters. The van der Waals surface area contributed by atoms with Crippen LogP contribution in [-0.2, 0) is 26.2 Å². The molecule has 2 amide bonds. The second-order valence-electron chi connectivity index (χ2n) is 9.39. The van der Waals surface area contributed by atoms with Crippen LogP contribution in [0.15, 0.2) is 83.8 Å². The Kier molecular flexibility index (Phi) is 10.6. The first kappa shape index (κ1) is 30.5. The Labute approximate surface area is 236 Å². The molecule has 0 aliphatic carbocycles. The minimum atomic E-state index is -4.15. The maximum atomic E-state index is 14.0. The van der Waals surface area contributed by atoms with E-state index < -0.39 is 28.5 Å². The van der Waals surface area contributed by atoms with Crippen molar-refractivity contribution in [2.75, 3.05) is 25.1 Å². The largest absolute Gasteiger partial charge is 0.497 e. The van der Waals surface area contributed by atoms with E-state index in [9.17, 15) is 18.0 Å². The second-order valence-corrected chi connectivity index (χ2v) is 11.3. The molecule has 2 atom stereocenters. The van der Waals surface area contributed by atoms with Gasteiger partial charge in [0.1, 0.15) is 24.1 Å². The third kappa shape index (κ3) is 7.53. The van der Waals surface area contributed by atoms with Gasteiger partial charge in [-0.15, -0.1) is 0 Å². The van der Waals surface area contributed by atoms with Gasteiger partial charge in [0.2, 0.25) is 11.8 Å². The summed E-state index contributed by atoms with van der Waals surface area (Å²) in [4.78, 5) is 28.6. The molecular weight excluding hydrogens is 530 g/mol. The first-order chi connectivity index (χ1) is 19.1. The van der Waals surface area contributed by atoms with E-state index in [2.05, 4.69) is 5.32 Å². The van der Waals surface area contributed by atoms with Crippen molar-refractivity contribution in [2.45, 2.75) is 50.7 Å². The highest BCUT2D eigenvalue weighted by Gasteiger charge is 2.33. The molecule has 0 aromatic heterocycles. The van der Waals surface area contributed by atoms with Gasteiger partial charge >= 0.3 is 0 Å². The summed E-state index contributed by atoms with van der Waals surface area (Å²) in [5, 5.41) is 2.92. The van der Waals surface area contributed by atoms with Gasteiger partial charge in [-0.2, -0.15) is 0 Å². The Morgan fingerprint density at radius 3 is 2.12 bits per heavy atom. The third-order valence-electron chi connectivity index (χ3n) is 6.61. The summed E-state index contributed by atoms with van der Waals surface area (Å²) >= 11 is 0. The lowest BCUT2D eigenvalue weighted by Crippen LogP contribution is -2.52. The molecule has 3 rings (SSSR count). The zero-order chi connectivity index (χ0) is 29.3. The van der Waals surface area contributed by atoms with Crippen LogP contribution < -0.4 is 19.1 Å². The van der Waals surface area contributed by atoms with Crippen molar-refractivity contribution in [1.82, 2.24) is 10.2 Å². The molecule has 1 N–H and O–H groups in total. The number of sulfonamides is 1. The molecule has 0 bridgehead atoms. The number of carbonyl (C=O) groups is 2.